The topological polar surface area (TPSA) is 85.8 Å². The van der Waals surface area contributed by atoms with Crippen molar-refractivity contribution in [2.24, 2.45) is 0 Å². The molecule has 0 saturated carbocycles. The Bertz CT molecular complexity index is 893. The normalized spacial score (nSPS) is 16.3. The average Bonchev–Trinajstić information content (AvgIpc) is 3.16. The van der Waals surface area contributed by atoms with Crippen LogP contribution in [0.3, 0.4) is 0 Å². The third-order valence-electron chi connectivity index (χ3n) is 4.49. The molecule has 3 rings (SSSR count). The maximum Gasteiger partial charge on any atom is 0.451 e. The average molecular weight is 440 g/mol. The number of carbonyl (C=O) groups excluding carboxylic acids is 1. The number of aromatic nitrogens is 2. The molecule has 1 atom stereocenters. The van der Waals surface area contributed by atoms with Gasteiger partial charge < -0.3 is 24.4 Å². The number of hydrogen-bond donors (Lipinski definition) is 1. The number of amides is 1. The van der Waals surface area contributed by atoms with E-state index in [1.54, 1.807) is 12.1 Å². The minimum absolute atomic E-state index is 0.00349. The number of ether oxygens (including phenoxy) is 3. The molecule has 1 saturated heterocycles. The minimum atomic E-state index is -4.62. The molecule has 1 aliphatic heterocycles. The molecule has 168 valence electrons. The van der Waals surface area contributed by atoms with Gasteiger partial charge in [0.2, 0.25) is 11.7 Å². The van der Waals surface area contributed by atoms with E-state index in [0.717, 1.165) is 24.5 Å². The highest BCUT2D eigenvalue weighted by molar-refractivity contribution is 5.77. The highest BCUT2D eigenvalue weighted by atomic mass is 19.4. The number of alkyl halides is 3. The molecule has 0 bridgehead atoms. The summed E-state index contributed by atoms with van der Waals surface area (Å²) < 4.78 is 54.0. The molecule has 31 heavy (non-hydrogen) atoms. The van der Waals surface area contributed by atoms with Gasteiger partial charge >= 0.3 is 6.18 Å². The molecule has 1 aromatic heterocycles. The fraction of sp³-hybridized carbons (Fsp3) is 0.450. The first-order valence-corrected chi connectivity index (χ1v) is 9.66. The van der Waals surface area contributed by atoms with Gasteiger partial charge in [0.1, 0.15) is 18.1 Å². The van der Waals surface area contributed by atoms with E-state index in [2.05, 4.69) is 20.2 Å². The van der Waals surface area contributed by atoms with Crippen molar-refractivity contribution in [1.29, 1.82) is 0 Å². The van der Waals surface area contributed by atoms with Crippen LogP contribution in [0.2, 0.25) is 0 Å². The van der Waals surface area contributed by atoms with Crippen molar-refractivity contribution in [3.63, 3.8) is 0 Å². The molecule has 0 unspecified atom stereocenters. The lowest BCUT2D eigenvalue weighted by atomic mass is 10.2. The van der Waals surface area contributed by atoms with E-state index in [1.807, 2.05) is 13.0 Å². The third kappa shape index (κ3) is 6.20. The maximum absolute atomic E-state index is 12.6. The molecular formula is C20H23F3N4O4. The number of nitrogens with zero attached hydrogens (tertiary/aromatic N) is 3. The Balaban J connectivity index is 1.74. The van der Waals surface area contributed by atoms with Gasteiger partial charge in [-0.05, 0) is 13.3 Å². The van der Waals surface area contributed by atoms with Crippen molar-refractivity contribution >= 4 is 11.6 Å². The van der Waals surface area contributed by atoms with E-state index < -0.39 is 12.0 Å². The van der Waals surface area contributed by atoms with Gasteiger partial charge in [0, 0.05) is 50.1 Å². The van der Waals surface area contributed by atoms with Crippen LogP contribution < -0.4 is 19.7 Å². The van der Waals surface area contributed by atoms with E-state index >= 15 is 0 Å². The van der Waals surface area contributed by atoms with Crippen molar-refractivity contribution < 1.29 is 32.2 Å². The Morgan fingerprint density at radius 3 is 2.55 bits per heavy atom. The largest absolute Gasteiger partial charge is 0.494 e. The lowest BCUT2D eigenvalue weighted by Gasteiger charge is -2.21. The van der Waals surface area contributed by atoms with Gasteiger partial charge in [-0.1, -0.05) is 0 Å². The van der Waals surface area contributed by atoms with Crippen molar-refractivity contribution in [2.45, 2.75) is 25.6 Å². The number of nitrogens with one attached hydrogen (secondary N) is 1. The molecule has 1 amide bonds. The van der Waals surface area contributed by atoms with Crippen LogP contribution in [0.25, 0.3) is 0 Å². The molecule has 0 spiro atoms. The van der Waals surface area contributed by atoms with Crippen LogP contribution in [0.1, 0.15) is 19.2 Å². The maximum atomic E-state index is 12.6. The van der Waals surface area contributed by atoms with Crippen molar-refractivity contribution in [1.82, 2.24) is 15.3 Å². The molecule has 8 nitrogen and oxygen atoms in total. The molecule has 0 aliphatic carbocycles. The Hall–Kier alpha value is -3.08. The van der Waals surface area contributed by atoms with E-state index in [1.165, 1.54) is 7.11 Å². The van der Waals surface area contributed by atoms with Crippen LogP contribution in [-0.2, 0) is 15.7 Å². The second-order valence-corrected chi connectivity index (χ2v) is 6.87. The number of methoxy groups -OCH3 is 1. The van der Waals surface area contributed by atoms with E-state index in [9.17, 15) is 18.0 Å². The van der Waals surface area contributed by atoms with Crippen molar-refractivity contribution in [3.05, 3.63) is 36.4 Å². The second kappa shape index (κ2) is 9.82. The van der Waals surface area contributed by atoms with Crippen LogP contribution in [0.5, 0.6) is 17.2 Å². The van der Waals surface area contributed by atoms with Crippen LogP contribution in [-0.4, -0.2) is 55.3 Å². The molecule has 1 aliphatic rings. The summed E-state index contributed by atoms with van der Waals surface area (Å²) in [5.74, 6) is -0.421. The Labute approximate surface area is 177 Å². The molecule has 11 heteroatoms. The van der Waals surface area contributed by atoms with E-state index in [-0.39, 0.29) is 24.3 Å². The summed E-state index contributed by atoms with van der Waals surface area (Å²) in [6.45, 7) is 3.57. The fourth-order valence-electron chi connectivity index (χ4n) is 3.21. The molecule has 2 aromatic rings. The van der Waals surface area contributed by atoms with Crippen molar-refractivity contribution in [3.8, 4) is 17.2 Å². The monoisotopic (exact) mass is 440 g/mol. The molecular weight excluding hydrogens is 417 g/mol. The molecule has 1 N–H and O–H groups in total. The summed E-state index contributed by atoms with van der Waals surface area (Å²) in [7, 11) is 1.46. The highest BCUT2D eigenvalue weighted by Gasteiger charge is 2.34. The van der Waals surface area contributed by atoms with Crippen molar-refractivity contribution in [2.75, 3.05) is 38.3 Å². The van der Waals surface area contributed by atoms with E-state index in [0.29, 0.717) is 31.2 Å². The van der Waals surface area contributed by atoms with Crippen LogP contribution in [0.15, 0.2) is 30.6 Å². The highest BCUT2D eigenvalue weighted by Crippen LogP contribution is 2.33. The third-order valence-corrected chi connectivity index (χ3v) is 4.49. The smallest absolute Gasteiger partial charge is 0.451 e. The number of hydrogen-bond acceptors (Lipinski definition) is 7. The molecule has 1 aromatic carbocycles. The van der Waals surface area contributed by atoms with Gasteiger partial charge in [-0.2, -0.15) is 13.2 Å². The van der Waals surface area contributed by atoms with Gasteiger partial charge in [0.15, 0.2) is 5.75 Å². The minimum Gasteiger partial charge on any atom is -0.494 e. The van der Waals surface area contributed by atoms with Gasteiger partial charge in [0.05, 0.1) is 19.0 Å². The first-order valence-electron chi connectivity index (χ1n) is 9.66. The second-order valence-electron chi connectivity index (χ2n) is 6.87. The van der Waals surface area contributed by atoms with Crippen LogP contribution >= 0.6 is 0 Å². The molecule has 1 fully saturated rings. The lowest BCUT2D eigenvalue weighted by molar-refractivity contribution is -0.145. The summed E-state index contributed by atoms with van der Waals surface area (Å²) in [5.41, 5.74) is 0.803. The predicted octanol–water partition coefficient (Wildman–Crippen LogP) is 3.03. The zero-order valence-corrected chi connectivity index (χ0v) is 17.1. The number of rotatable bonds is 8. The molecule has 0 radical (unpaired) electrons. The number of anilines is 1. The van der Waals surface area contributed by atoms with E-state index in [4.69, 9.17) is 14.2 Å². The number of carbonyl (C=O) groups is 1. The summed E-state index contributed by atoms with van der Waals surface area (Å²) in [5, 5.41) is 2.91. The summed E-state index contributed by atoms with van der Waals surface area (Å²) in [4.78, 5) is 20.4. The summed E-state index contributed by atoms with van der Waals surface area (Å²) in [6.07, 6.45) is -1.91. The first kappa shape index (κ1) is 22.6. The quantitative estimate of drug-likeness (QED) is 0.675. The van der Waals surface area contributed by atoms with Crippen LogP contribution in [0, 0.1) is 0 Å². The Morgan fingerprint density at radius 1 is 1.19 bits per heavy atom. The fourth-order valence-corrected chi connectivity index (χ4v) is 3.21. The summed E-state index contributed by atoms with van der Waals surface area (Å²) >= 11 is 0. The SMILES string of the molecule is CCOc1cc(Oc2cnc(C(F)(F)F)nc2)cc(N2CC[C@H](NC(=O)COC)C2)c1. The zero-order chi connectivity index (χ0) is 22.4. The zero-order valence-electron chi connectivity index (χ0n) is 17.1. The Morgan fingerprint density at radius 2 is 1.90 bits per heavy atom. The number of benzene rings is 1. The van der Waals surface area contributed by atoms with Gasteiger partial charge in [-0.15, -0.1) is 0 Å². The van der Waals surface area contributed by atoms with Gasteiger partial charge in [-0.25, -0.2) is 9.97 Å². The standard InChI is InChI=1S/C20H23F3N4O4/c1-3-30-15-6-14(27-5-4-13(11-27)26-18(28)12-29-2)7-16(8-15)31-17-9-24-19(25-10-17)20(21,22)23/h6-10,13H,3-5,11-12H2,1-2H3,(H,26,28)/t13-/m0/s1. The summed E-state index contributed by atoms with van der Waals surface area (Å²) in [6, 6.07) is 5.21. The first-order chi connectivity index (χ1) is 14.8. The number of halogens is 3. The van der Waals surface area contributed by atoms with Gasteiger partial charge in [0.25, 0.3) is 0 Å². The predicted molar refractivity (Wildman–Crippen MR) is 105 cm³/mol. The Kier molecular flexibility index (Phi) is 7.16. The lowest BCUT2D eigenvalue weighted by Crippen LogP contribution is -2.38. The molecule has 2 heterocycles. The van der Waals surface area contributed by atoms with Crippen LogP contribution in [0.4, 0.5) is 18.9 Å². The van der Waals surface area contributed by atoms with Gasteiger partial charge in [-0.3, -0.25) is 4.79 Å².